The zero-order valence-corrected chi connectivity index (χ0v) is 17.4. The minimum absolute atomic E-state index is 0.0239. The highest BCUT2D eigenvalue weighted by atomic mass is 35.5. The molecule has 0 saturated carbocycles. The van der Waals surface area contributed by atoms with E-state index in [1.54, 1.807) is 17.0 Å². The lowest BCUT2D eigenvalue weighted by molar-refractivity contribution is 0.0703. The number of piperazine rings is 1. The Morgan fingerprint density at radius 1 is 0.964 bits per heavy atom. The number of halogens is 1. The van der Waals surface area contributed by atoms with Crippen LogP contribution in [0.15, 0.2) is 54.6 Å². The number of amides is 1. The van der Waals surface area contributed by atoms with Crippen LogP contribution in [-0.4, -0.2) is 49.7 Å². The van der Waals surface area contributed by atoms with Crippen molar-refractivity contribution in [3.8, 4) is 0 Å². The van der Waals surface area contributed by atoms with Gasteiger partial charge in [-0.25, -0.2) is 8.42 Å². The van der Waals surface area contributed by atoms with E-state index in [4.69, 9.17) is 11.6 Å². The molecule has 8 heteroatoms. The molecule has 0 spiro atoms. The highest BCUT2D eigenvalue weighted by Crippen LogP contribution is 2.36. The van der Waals surface area contributed by atoms with Crippen LogP contribution < -0.4 is 0 Å². The van der Waals surface area contributed by atoms with E-state index in [2.05, 4.69) is 0 Å². The highest BCUT2D eigenvalue weighted by Gasteiger charge is 2.30. The first-order valence-corrected chi connectivity index (χ1v) is 11.7. The smallest absolute Gasteiger partial charge is 0.265 e. The van der Waals surface area contributed by atoms with Crippen LogP contribution in [0.3, 0.4) is 0 Å². The minimum atomic E-state index is -3.41. The van der Waals surface area contributed by atoms with Gasteiger partial charge in [0.05, 0.1) is 10.8 Å². The van der Waals surface area contributed by atoms with Crippen LogP contribution in [0, 0.1) is 0 Å². The van der Waals surface area contributed by atoms with Crippen LogP contribution in [0.1, 0.15) is 15.2 Å². The lowest BCUT2D eigenvalue weighted by atomic mass is 10.2. The molecule has 1 amide bonds. The zero-order valence-electron chi connectivity index (χ0n) is 15.0. The number of benzene rings is 2. The largest absolute Gasteiger partial charge is 0.335 e. The molecule has 0 aliphatic carbocycles. The molecule has 1 saturated heterocycles. The molecule has 0 radical (unpaired) electrons. The van der Waals surface area contributed by atoms with E-state index in [1.165, 1.54) is 15.6 Å². The fraction of sp³-hybridized carbons (Fsp3) is 0.250. The molecule has 1 aromatic heterocycles. The maximum absolute atomic E-state index is 12.9. The second-order valence-corrected chi connectivity index (χ2v) is 10.1. The van der Waals surface area contributed by atoms with E-state index < -0.39 is 10.0 Å². The fourth-order valence-electron chi connectivity index (χ4n) is 3.34. The van der Waals surface area contributed by atoms with Gasteiger partial charge in [0, 0.05) is 36.3 Å². The Kier molecular flexibility index (Phi) is 5.42. The van der Waals surface area contributed by atoms with Crippen molar-refractivity contribution >= 4 is 49.0 Å². The third-order valence-corrected chi connectivity index (χ3v) is 8.35. The summed E-state index contributed by atoms with van der Waals surface area (Å²) in [6, 6.07) is 16.8. The van der Waals surface area contributed by atoms with E-state index in [-0.39, 0.29) is 11.7 Å². The van der Waals surface area contributed by atoms with E-state index >= 15 is 0 Å². The molecule has 4 rings (SSSR count). The molecule has 1 fully saturated rings. The van der Waals surface area contributed by atoms with Gasteiger partial charge in [-0.05, 0) is 11.6 Å². The van der Waals surface area contributed by atoms with Gasteiger partial charge >= 0.3 is 0 Å². The quantitative estimate of drug-likeness (QED) is 0.626. The maximum Gasteiger partial charge on any atom is 0.265 e. The summed E-state index contributed by atoms with van der Waals surface area (Å²) in [5.41, 5.74) is 0.762. The molecule has 3 aromatic rings. The third kappa shape index (κ3) is 3.80. The summed E-state index contributed by atoms with van der Waals surface area (Å²) in [5.74, 6) is -0.157. The summed E-state index contributed by atoms with van der Waals surface area (Å²) < 4.78 is 27.8. The number of sulfonamides is 1. The van der Waals surface area contributed by atoms with Gasteiger partial charge in [-0.3, -0.25) is 4.79 Å². The normalized spacial score (nSPS) is 15.8. The van der Waals surface area contributed by atoms with E-state index in [9.17, 15) is 13.2 Å². The molecule has 0 bridgehead atoms. The second-order valence-electron chi connectivity index (χ2n) is 6.67. The summed E-state index contributed by atoms with van der Waals surface area (Å²) in [5, 5.41) is 1.35. The number of thiophene rings is 1. The summed E-state index contributed by atoms with van der Waals surface area (Å²) in [7, 11) is -3.41. The van der Waals surface area contributed by atoms with Crippen molar-refractivity contribution in [1.29, 1.82) is 0 Å². The van der Waals surface area contributed by atoms with Crippen molar-refractivity contribution < 1.29 is 13.2 Å². The molecule has 1 aliphatic rings. The molecule has 0 N–H and O–H groups in total. The molecular formula is C20H19ClN2O3S2. The van der Waals surface area contributed by atoms with Gasteiger partial charge in [0.15, 0.2) is 0 Å². The lowest BCUT2D eigenvalue weighted by Gasteiger charge is -2.33. The molecule has 1 aliphatic heterocycles. The van der Waals surface area contributed by atoms with Crippen molar-refractivity contribution in [2.75, 3.05) is 26.2 Å². The van der Waals surface area contributed by atoms with E-state index in [1.807, 2.05) is 42.5 Å². The monoisotopic (exact) mass is 434 g/mol. The maximum atomic E-state index is 12.9. The van der Waals surface area contributed by atoms with Gasteiger partial charge in [0.25, 0.3) is 5.91 Å². The summed E-state index contributed by atoms with van der Waals surface area (Å²) in [6.45, 7) is 1.31. The Bertz CT molecular complexity index is 1100. The molecular weight excluding hydrogens is 416 g/mol. The van der Waals surface area contributed by atoms with Gasteiger partial charge in [0.1, 0.15) is 4.88 Å². The standard InChI is InChI=1S/C20H19ClN2O3S2/c21-18-16-8-4-5-9-17(16)27-19(18)20(24)22-10-12-23(13-11-22)28(25,26)14-15-6-2-1-3-7-15/h1-9H,10-14H2. The lowest BCUT2D eigenvalue weighted by Crippen LogP contribution is -2.50. The van der Waals surface area contributed by atoms with Crippen molar-refractivity contribution in [1.82, 2.24) is 9.21 Å². The molecule has 2 aromatic carbocycles. The van der Waals surface area contributed by atoms with Crippen molar-refractivity contribution in [2.24, 2.45) is 0 Å². The average Bonchev–Trinajstić information content (AvgIpc) is 3.05. The van der Waals surface area contributed by atoms with Gasteiger partial charge in [0.2, 0.25) is 10.0 Å². The Morgan fingerprint density at radius 2 is 1.61 bits per heavy atom. The molecule has 5 nitrogen and oxygen atoms in total. The van der Waals surface area contributed by atoms with E-state index in [0.29, 0.717) is 36.1 Å². The first-order chi connectivity index (χ1) is 13.5. The molecule has 2 heterocycles. The van der Waals surface area contributed by atoms with Crippen LogP contribution >= 0.6 is 22.9 Å². The number of rotatable bonds is 4. The molecule has 28 heavy (non-hydrogen) atoms. The van der Waals surface area contributed by atoms with Gasteiger partial charge < -0.3 is 4.90 Å². The highest BCUT2D eigenvalue weighted by molar-refractivity contribution is 7.88. The fourth-order valence-corrected chi connectivity index (χ4v) is 6.34. The Labute approximate surface area is 173 Å². The van der Waals surface area contributed by atoms with Crippen LogP contribution in [0.25, 0.3) is 10.1 Å². The first-order valence-electron chi connectivity index (χ1n) is 8.94. The third-order valence-electron chi connectivity index (χ3n) is 4.84. The minimum Gasteiger partial charge on any atom is -0.335 e. The average molecular weight is 435 g/mol. The number of fused-ring (bicyclic) bond motifs is 1. The number of hydrogen-bond acceptors (Lipinski definition) is 4. The Morgan fingerprint density at radius 3 is 2.29 bits per heavy atom. The van der Waals surface area contributed by atoms with Crippen molar-refractivity contribution in [3.63, 3.8) is 0 Å². The van der Waals surface area contributed by atoms with Crippen molar-refractivity contribution in [2.45, 2.75) is 5.75 Å². The molecule has 146 valence electrons. The van der Waals surface area contributed by atoms with Crippen LogP contribution in [0.4, 0.5) is 0 Å². The summed E-state index contributed by atoms with van der Waals surface area (Å²) in [4.78, 5) is 15.1. The number of carbonyl (C=O) groups excluding carboxylic acids is 1. The first kappa shape index (κ1) is 19.4. The zero-order chi connectivity index (χ0) is 19.7. The van der Waals surface area contributed by atoms with Gasteiger partial charge in [-0.2, -0.15) is 4.31 Å². The molecule has 0 atom stereocenters. The number of hydrogen-bond donors (Lipinski definition) is 0. The Hall–Kier alpha value is -1.93. The van der Waals surface area contributed by atoms with Crippen molar-refractivity contribution in [3.05, 3.63) is 70.1 Å². The summed E-state index contributed by atoms with van der Waals surface area (Å²) >= 11 is 7.80. The SMILES string of the molecule is O=C(c1sc2ccccc2c1Cl)N1CCN(S(=O)(=O)Cc2ccccc2)CC1. The van der Waals surface area contributed by atoms with E-state index in [0.717, 1.165) is 15.6 Å². The van der Waals surface area contributed by atoms with Crippen LogP contribution in [-0.2, 0) is 15.8 Å². The number of nitrogens with zero attached hydrogens (tertiary/aromatic N) is 2. The predicted molar refractivity (Wildman–Crippen MR) is 113 cm³/mol. The van der Waals surface area contributed by atoms with Gasteiger partial charge in [-0.1, -0.05) is 60.1 Å². The second kappa shape index (κ2) is 7.83. The topological polar surface area (TPSA) is 57.7 Å². The van der Waals surface area contributed by atoms with Crippen LogP contribution in [0.5, 0.6) is 0 Å². The predicted octanol–water partition coefficient (Wildman–Crippen LogP) is 3.84. The molecule has 0 unspecified atom stereocenters. The number of carbonyl (C=O) groups is 1. The van der Waals surface area contributed by atoms with Gasteiger partial charge in [-0.15, -0.1) is 11.3 Å². The Balaban J connectivity index is 1.44. The van der Waals surface area contributed by atoms with Crippen LogP contribution in [0.2, 0.25) is 5.02 Å². The summed E-state index contributed by atoms with van der Waals surface area (Å²) in [6.07, 6.45) is 0.